The second-order valence-corrected chi connectivity index (χ2v) is 5.27. The number of alkyl halides is 3. The average Bonchev–Trinajstić information content (AvgIpc) is 2.79. The highest BCUT2D eigenvalue weighted by molar-refractivity contribution is 5.94. The Kier molecular flexibility index (Phi) is 4.39. The van der Waals surface area contributed by atoms with Gasteiger partial charge < -0.3 is 4.90 Å². The third-order valence-electron chi connectivity index (χ3n) is 3.75. The van der Waals surface area contributed by atoms with E-state index in [1.807, 2.05) is 0 Å². The molecule has 1 fully saturated rings. The van der Waals surface area contributed by atoms with Gasteiger partial charge in [-0.05, 0) is 19.3 Å². The van der Waals surface area contributed by atoms with Crippen LogP contribution in [0, 0.1) is 5.92 Å². The smallest absolute Gasteiger partial charge is 0.337 e. The molecule has 0 spiro atoms. The van der Waals surface area contributed by atoms with Crippen molar-refractivity contribution in [3.8, 4) is 0 Å². The molecule has 116 valence electrons. The molecule has 1 saturated heterocycles. The molecular formula is C14H18F3N3O. The van der Waals surface area contributed by atoms with Crippen molar-refractivity contribution in [3.63, 3.8) is 0 Å². The summed E-state index contributed by atoms with van der Waals surface area (Å²) in [6, 6.07) is 0. The summed E-state index contributed by atoms with van der Waals surface area (Å²) in [5, 5.41) is 4.02. The number of carbonyl (C=O) groups excluding carboxylic acids is 1. The molecule has 0 saturated carbocycles. The number of aryl methyl sites for hydroxylation is 1. The van der Waals surface area contributed by atoms with Gasteiger partial charge in [-0.15, -0.1) is 6.58 Å². The van der Waals surface area contributed by atoms with E-state index in [0.29, 0.717) is 30.6 Å². The van der Waals surface area contributed by atoms with Gasteiger partial charge in [-0.3, -0.25) is 9.48 Å². The van der Waals surface area contributed by atoms with Crippen LogP contribution in [0.5, 0.6) is 0 Å². The third-order valence-corrected chi connectivity index (χ3v) is 3.75. The Bertz CT molecular complexity index is 536. The van der Waals surface area contributed by atoms with Crippen molar-refractivity contribution in [3.05, 3.63) is 30.1 Å². The van der Waals surface area contributed by atoms with Gasteiger partial charge in [0, 0.05) is 25.7 Å². The highest BCUT2D eigenvalue weighted by Crippen LogP contribution is 2.33. The fraction of sp³-hybridized carbons (Fsp3) is 0.571. The van der Waals surface area contributed by atoms with E-state index in [-0.39, 0.29) is 18.9 Å². The van der Waals surface area contributed by atoms with Gasteiger partial charge in [-0.2, -0.15) is 18.3 Å². The SMILES string of the molecule is C=CCc1cnn(C)c1C(=O)N1CCCC(C(F)(F)F)C1. The number of nitrogens with zero attached hydrogens (tertiary/aromatic N) is 3. The van der Waals surface area contributed by atoms with E-state index in [2.05, 4.69) is 11.7 Å². The predicted molar refractivity (Wildman–Crippen MR) is 71.8 cm³/mol. The van der Waals surface area contributed by atoms with Crippen molar-refractivity contribution < 1.29 is 18.0 Å². The fourth-order valence-electron chi connectivity index (χ4n) is 2.64. The number of piperidine rings is 1. The van der Waals surface area contributed by atoms with Gasteiger partial charge in [-0.1, -0.05) is 6.08 Å². The van der Waals surface area contributed by atoms with E-state index in [4.69, 9.17) is 0 Å². The van der Waals surface area contributed by atoms with E-state index in [0.717, 1.165) is 0 Å². The molecule has 1 aromatic rings. The molecule has 0 radical (unpaired) electrons. The zero-order valence-corrected chi connectivity index (χ0v) is 11.9. The van der Waals surface area contributed by atoms with E-state index in [1.165, 1.54) is 9.58 Å². The number of rotatable bonds is 3. The minimum Gasteiger partial charge on any atom is -0.337 e. The van der Waals surface area contributed by atoms with Crippen LogP contribution in [-0.4, -0.2) is 39.9 Å². The quantitative estimate of drug-likeness (QED) is 0.805. The van der Waals surface area contributed by atoms with E-state index >= 15 is 0 Å². The maximum absolute atomic E-state index is 12.8. The summed E-state index contributed by atoms with van der Waals surface area (Å²) >= 11 is 0. The van der Waals surface area contributed by atoms with Crippen LogP contribution in [0.15, 0.2) is 18.9 Å². The van der Waals surface area contributed by atoms with Crippen LogP contribution in [-0.2, 0) is 13.5 Å². The highest BCUT2D eigenvalue weighted by atomic mass is 19.4. The lowest BCUT2D eigenvalue weighted by atomic mass is 9.97. The van der Waals surface area contributed by atoms with Crippen molar-refractivity contribution in [2.45, 2.75) is 25.4 Å². The molecule has 7 heteroatoms. The zero-order chi connectivity index (χ0) is 15.6. The number of amides is 1. The van der Waals surface area contributed by atoms with Crippen molar-refractivity contribution in [2.24, 2.45) is 13.0 Å². The lowest BCUT2D eigenvalue weighted by Crippen LogP contribution is -2.45. The molecule has 21 heavy (non-hydrogen) atoms. The molecule has 1 aliphatic heterocycles. The molecule has 1 amide bonds. The summed E-state index contributed by atoms with van der Waals surface area (Å²) < 4.78 is 39.9. The Hall–Kier alpha value is -1.79. The van der Waals surface area contributed by atoms with E-state index < -0.39 is 12.1 Å². The second-order valence-electron chi connectivity index (χ2n) is 5.27. The van der Waals surface area contributed by atoms with Gasteiger partial charge in [0.25, 0.3) is 5.91 Å². The molecule has 0 aliphatic carbocycles. The largest absolute Gasteiger partial charge is 0.393 e. The van der Waals surface area contributed by atoms with Crippen molar-refractivity contribution in [2.75, 3.05) is 13.1 Å². The minimum atomic E-state index is -4.25. The van der Waals surface area contributed by atoms with Crippen LogP contribution in [0.25, 0.3) is 0 Å². The third kappa shape index (κ3) is 3.28. The zero-order valence-electron chi connectivity index (χ0n) is 11.9. The summed E-state index contributed by atoms with van der Waals surface area (Å²) in [4.78, 5) is 13.8. The average molecular weight is 301 g/mol. The summed E-state index contributed by atoms with van der Waals surface area (Å²) in [5.41, 5.74) is 1.03. The Balaban J connectivity index is 2.20. The Morgan fingerprint density at radius 2 is 2.29 bits per heavy atom. The predicted octanol–water partition coefficient (Wildman–Crippen LogP) is 2.56. The normalized spacial score (nSPS) is 19.6. The standard InChI is InChI=1S/C14H18F3N3O/c1-3-5-10-8-18-19(2)12(10)13(21)20-7-4-6-11(9-20)14(15,16)17/h3,8,11H,1,4-7,9H2,2H3. The second kappa shape index (κ2) is 5.91. The molecular weight excluding hydrogens is 283 g/mol. The summed E-state index contributed by atoms with van der Waals surface area (Å²) in [5.74, 6) is -1.83. The topological polar surface area (TPSA) is 38.1 Å². The van der Waals surface area contributed by atoms with Crippen LogP contribution in [0.2, 0.25) is 0 Å². The molecule has 0 N–H and O–H groups in total. The molecule has 1 unspecified atom stereocenters. The summed E-state index contributed by atoms with van der Waals surface area (Å²) in [7, 11) is 1.62. The molecule has 1 atom stereocenters. The molecule has 1 aromatic heterocycles. The van der Waals surface area contributed by atoms with Crippen molar-refractivity contribution in [1.82, 2.24) is 14.7 Å². The van der Waals surface area contributed by atoms with Crippen LogP contribution < -0.4 is 0 Å². The van der Waals surface area contributed by atoms with Crippen LogP contribution in [0.1, 0.15) is 28.9 Å². The lowest BCUT2D eigenvalue weighted by Gasteiger charge is -2.33. The number of halogens is 3. The lowest BCUT2D eigenvalue weighted by molar-refractivity contribution is -0.184. The monoisotopic (exact) mass is 301 g/mol. The maximum Gasteiger partial charge on any atom is 0.393 e. The number of allylic oxidation sites excluding steroid dienone is 1. The number of hydrogen-bond acceptors (Lipinski definition) is 2. The van der Waals surface area contributed by atoms with E-state index in [9.17, 15) is 18.0 Å². The van der Waals surface area contributed by atoms with Gasteiger partial charge in [0.15, 0.2) is 0 Å². The first-order chi connectivity index (χ1) is 9.84. The minimum absolute atomic E-state index is 0.0815. The number of carbonyl (C=O) groups is 1. The number of likely N-dealkylation sites (tertiary alicyclic amines) is 1. The Labute approximate surface area is 121 Å². The number of hydrogen-bond donors (Lipinski definition) is 0. The Morgan fingerprint density at radius 1 is 1.57 bits per heavy atom. The first-order valence-electron chi connectivity index (χ1n) is 6.82. The van der Waals surface area contributed by atoms with Crippen LogP contribution >= 0.6 is 0 Å². The van der Waals surface area contributed by atoms with Gasteiger partial charge in [-0.25, -0.2) is 0 Å². The van der Waals surface area contributed by atoms with Crippen molar-refractivity contribution >= 4 is 5.91 Å². The summed E-state index contributed by atoms with van der Waals surface area (Å²) in [6.45, 7) is 3.69. The van der Waals surface area contributed by atoms with Crippen LogP contribution in [0.4, 0.5) is 13.2 Å². The van der Waals surface area contributed by atoms with Crippen LogP contribution in [0.3, 0.4) is 0 Å². The molecule has 1 aliphatic rings. The first-order valence-corrected chi connectivity index (χ1v) is 6.82. The summed E-state index contributed by atoms with van der Waals surface area (Å²) in [6.07, 6.45) is -0.147. The van der Waals surface area contributed by atoms with Crippen molar-refractivity contribution in [1.29, 1.82) is 0 Å². The first kappa shape index (κ1) is 15.6. The molecule has 2 heterocycles. The highest BCUT2D eigenvalue weighted by Gasteiger charge is 2.43. The molecule has 2 rings (SSSR count). The van der Waals surface area contributed by atoms with Gasteiger partial charge >= 0.3 is 6.18 Å². The van der Waals surface area contributed by atoms with Gasteiger partial charge in [0.2, 0.25) is 0 Å². The number of aromatic nitrogens is 2. The van der Waals surface area contributed by atoms with E-state index in [1.54, 1.807) is 19.3 Å². The Morgan fingerprint density at radius 3 is 2.90 bits per heavy atom. The maximum atomic E-state index is 12.8. The van der Waals surface area contributed by atoms with Gasteiger partial charge in [0.05, 0.1) is 12.1 Å². The molecule has 4 nitrogen and oxygen atoms in total. The van der Waals surface area contributed by atoms with Gasteiger partial charge in [0.1, 0.15) is 5.69 Å². The molecule has 0 bridgehead atoms. The molecule has 0 aromatic carbocycles. The fourth-order valence-corrected chi connectivity index (χ4v) is 2.64.